The summed E-state index contributed by atoms with van der Waals surface area (Å²) in [6.07, 6.45) is 10.1. The lowest BCUT2D eigenvalue weighted by atomic mass is 9.86. The topological polar surface area (TPSA) is 83.8 Å². The van der Waals surface area contributed by atoms with E-state index in [9.17, 15) is 19.8 Å². The Kier molecular flexibility index (Phi) is 9.23. The Morgan fingerprint density at radius 1 is 1.35 bits per heavy atom. The molecule has 5 nitrogen and oxygen atoms in total. The van der Waals surface area contributed by atoms with Gasteiger partial charge in [-0.3, -0.25) is 9.59 Å². The molecular formula is C21H34O5. The maximum Gasteiger partial charge on any atom is 0.305 e. The van der Waals surface area contributed by atoms with E-state index in [0.29, 0.717) is 25.7 Å². The average molecular weight is 366 g/mol. The van der Waals surface area contributed by atoms with Gasteiger partial charge in [0.25, 0.3) is 0 Å². The summed E-state index contributed by atoms with van der Waals surface area (Å²) in [6, 6.07) is 0. The lowest BCUT2D eigenvalue weighted by Crippen LogP contribution is -2.31. The van der Waals surface area contributed by atoms with Crippen molar-refractivity contribution in [3.05, 3.63) is 24.3 Å². The molecule has 0 heterocycles. The Morgan fingerprint density at radius 3 is 2.65 bits per heavy atom. The number of carbonyl (C=O) groups excluding carboxylic acids is 2. The number of ether oxygens (including phenoxy) is 1. The van der Waals surface area contributed by atoms with Crippen LogP contribution >= 0.6 is 0 Å². The molecular weight excluding hydrogens is 332 g/mol. The molecule has 0 aromatic rings. The average Bonchev–Trinajstić information content (AvgIpc) is 2.76. The molecule has 2 N–H and O–H groups in total. The van der Waals surface area contributed by atoms with Crippen molar-refractivity contribution >= 4 is 11.8 Å². The van der Waals surface area contributed by atoms with Gasteiger partial charge in [0.1, 0.15) is 5.78 Å². The van der Waals surface area contributed by atoms with E-state index in [2.05, 4.69) is 4.74 Å². The largest absolute Gasteiger partial charge is 0.469 e. The van der Waals surface area contributed by atoms with Crippen molar-refractivity contribution in [1.29, 1.82) is 0 Å². The minimum atomic E-state index is -0.784. The Morgan fingerprint density at radius 2 is 2.04 bits per heavy atom. The van der Waals surface area contributed by atoms with Crippen molar-refractivity contribution in [3.63, 3.8) is 0 Å². The molecule has 148 valence electrons. The highest BCUT2D eigenvalue weighted by molar-refractivity contribution is 5.90. The van der Waals surface area contributed by atoms with Crippen LogP contribution in [-0.2, 0) is 14.3 Å². The number of aliphatic hydroxyl groups excluding tert-OH is 2. The van der Waals surface area contributed by atoms with Gasteiger partial charge >= 0.3 is 5.97 Å². The molecule has 1 fully saturated rings. The number of rotatable bonds is 10. The van der Waals surface area contributed by atoms with Crippen LogP contribution in [0.15, 0.2) is 24.3 Å². The fraction of sp³-hybridized carbons (Fsp3) is 0.714. The zero-order chi connectivity index (χ0) is 19.7. The van der Waals surface area contributed by atoms with Crippen molar-refractivity contribution in [1.82, 2.24) is 0 Å². The van der Waals surface area contributed by atoms with Crippen LogP contribution in [-0.4, -0.2) is 41.3 Å². The number of Topliss-reactive ketones (excluding diaryl/α,β-unsaturated/α-hetero) is 1. The van der Waals surface area contributed by atoms with Crippen LogP contribution in [0.3, 0.4) is 0 Å². The normalized spacial score (nSPS) is 26.7. The minimum absolute atomic E-state index is 0.0591. The highest BCUT2D eigenvalue weighted by atomic mass is 16.5. The first-order chi connectivity index (χ1) is 12.3. The summed E-state index contributed by atoms with van der Waals surface area (Å²) in [5.41, 5.74) is -0.784. The van der Waals surface area contributed by atoms with Crippen LogP contribution in [0.25, 0.3) is 0 Å². The van der Waals surface area contributed by atoms with Crippen molar-refractivity contribution in [2.75, 3.05) is 7.11 Å². The molecule has 1 saturated carbocycles. The molecule has 0 aliphatic heterocycles. The monoisotopic (exact) mass is 366 g/mol. The minimum Gasteiger partial charge on any atom is -0.469 e. The number of esters is 1. The van der Waals surface area contributed by atoms with Crippen molar-refractivity contribution < 1.29 is 24.5 Å². The second-order valence-electron chi connectivity index (χ2n) is 7.63. The molecule has 1 rings (SSSR count). The highest BCUT2D eigenvalue weighted by Crippen LogP contribution is 2.44. The summed E-state index contributed by atoms with van der Waals surface area (Å²) in [4.78, 5) is 23.8. The van der Waals surface area contributed by atoms with E-state index in [4.69, 9.17) is 0 Å². The number of unbranched alkanes of at least 4 members (excludes halogenated alkanes) is 1. The number of hydrogen-bond acceptors (Lipinski definition) is 5. The molecule has 1 aliphatic rings. The van der Waals surface area contributed by atoms with E-state index in [1.54, 1.807) is 19.9 Å². The number of carbonyl (C=O) groups is 2. The lowest BCUT2D eigenvalue weighted by molar-refractivity contribution is -0.140. The molecule has 1 aliphatic carbocycles. The Hall–Kier alpha value is -1.46. The molecule has 0 aromatic heterocycles. The third-order valence-corrected chi connectivity index (χ3v) is 5.22. The molecule has 4 atom stereocenters. The first-order valence-electron chi connectivity index (χ1n) is 9.56. The van der Waals surface area contributed by atoms with Crippen LogP contribution in [0.2, 0.25) is 0 Å². The molecule has 0 unspecified atom stereocenters. The van der Waals surface area contributed by atoms with Gasteiger partial charge in [0.15, 0.2) is 0 Å². The second-order valence-corrected chi connectivity index (χ2v) is 7.63. The molecule has 0 spiro atoms. The fourth-order valence-electron chi connectivity index (χ4n) is 3.48. The Balaban J connectivity index is 2.68. The van der Waals surface area contributed by atoms with Gasteiger partial charge in [-0.1, -0.05) is 51.5 Å². The number of allylic oxidation sites excluding steroid dienone is 2. The van der Waals surface area contributed by atoms with Gasteiger partial charge in [0.05, 0.1) is 24.7 Å². The van der Waals surface area contributed by atoms with E-state index >= 15 is 0 Å². The lowest BCUT2D eigenvalue weighted by Gasteiger charge is -2.22. The van der Waals surface area contributed by atoms with Crippen LogP contribution < -0.4 is 0 Å². The number of ketones is 1. The predicted molar refractivity (Wildman–Crippen MR) is 101 cm³/mol. The van der Waals surface area contributed by atoms with Gasteiger partial charge in [-0.2, -0.15) is 0 Å². The van der Waals surface area contributed by atoms with Crippen LogP contribution in [0, 0.1) is 17.3 Å². The summed E-state index contributed by atoms with van der Waals surface area (Å²) in [7, 11) is 1.38. The van der Waals surface area contributed by atoms with E-state index in [0.717, 1.165) is 12.8 Å². The molecule has 26 heavy (non-hydrogen) atoms. The first-order valence-corrected chi connectivity index (χ1v) is 9.56. The van der Waals surface area contributed by atoms with Crippen LogP contribution in [0.4, 0.5) is 0 Å². The molecule has 0 saturated heterocycles. The van der Waals surface area contributed by atoms with Crippen LogP contribution in [0.5, 0.6) is 0 Å². The van der Waals surface area contributed by atoms with Crippen molar-refractivity contribution in [2.45, 2.75) is 71.5 Å². The summed E-state index contributed by atoms with van der Waals surface area (Å²) < 4.78 is 4.60. The van der Waals surface area contributed by atoms with Crippen molar-refractivity contribution in [2.24, 2.45) is 17.3 Å². The molecule has 0 bridgehead atoms. The highest BCUT2D eigenvalue weighted by Gasteiger charge is 2.52. The maximum atomic E-state index is 12.7. The molecule has 5 heteroatoms. The maximum absolute atomic E-state index is 12.7. The number of aliphatic hydroxyl groups is 2. The Labute approximate surface area is 157 Å². The van der Waals surface area contributed by atoms with Gasteiger partial charge in [-0.05, 0) is 25.7 Å². The summed E-state index contributed by atoms with van der Waals surface area (Å²) in [5, 5.41) is 20.5. The van der Waals surface area contributed by atoms with E-state index in [1.165, 1.54) is 7.11 Å². The van der Waals surface area contributed by atoms with Gasteiger partial charge in [0, 0.05) is 18.3 Å². The third-order valence-electron chi connectivity index (χ3n) is 5.22. The third kappa shape index (κ3) is 6.06. The standard InChI is InChI=1S/C21H34O5/c1-5-10-15(22)13-14-17-16(19(24)21(2,3)20(17)25)11-8-6-7-9-12-18(23)26-4/h6,8,13-17,20,22,25H,5,7,9-12H2,1-4H3/t15-,16+,17+,20-/m0/s1. The molecule has 0 aromatic carbocycles. The van der Waals surface area contributed by atoms with Gasteiger partial charge < -0.3 is 14.9 Å². The Bertz CT molecular complexity index is 520. The number of hydrogen-bond donors (Lipinski definition) is 2. The number of methoxy groups -OCH3 is 1. The zero-order valence-electron chi connectivity index (χ0n) is 16.5. The van der Waals surface area contributed by atoms with Crippen molar-refractivity contribution in [3.8, 4) is 0 Å². The zero-order valence-corrected chi connectivity index (χ0v) is 16.5. The summed E-state index contributed by atoms with van der Waals surface area (Å²) in [6.45, 7) is 5.56. The summed E-state index contributed by atoms with van der Waals surface area (Å²) >= 11 is 0. The summed E-state index contributed by atoms with van der Waals surface area (Å²) in [5.74, 6) is -0.736. The van der Waals surface area contributed by atoms with E-state index < -0.39 is 17.6 Å². The van der Waals surface area contributed by atoms with E-state index in [1.807, 2.05) is 25.2 Å². The smallest absolute Gasteiger partial charge is 0.305 e. The molecule has 0 amide bonds. The molecule has 0 radical (unpaired) electrons. The van der Waals surface area contributed by atoms with Gasteiger partial charge in [0.2, 0.25) is 0 Å². The van der Waals surface area contributed by atoms with Gasteiger partial charge in [-0.25, -0.2) is 0 Å². The van der Waals surface area contributed by atoms with Crippen LogP contribution in [0.1, 0.15) is 59.3 Å². The predicted octanol–water partition coefficient (Wildman–Crippen LogP) is 3.20. The van der Waals surface area contributed by atoms with Gasteiger partial charge in [-0.15, -0.1) is 0 Å². The fourth-order valence-corrected chi connectivity index (χ4v) is 3.48. The first kappa shape index (κ1) is 22.6. The SMILES string of the molecule is CCC[C@H](O)C=C[C@@H]1[C@@H](CC=CCCCC(=O)OC)C(=O)C(C)(C)[C@H]1O. The van der Waals surface area contributed by atoms with E-state index in [-0.39, 0.29) is 23.6 Å². The second kappa shape index (κ2) is 10.6. The quantitative estimate of drug-likeness (QED) is 0.352.